The number of nitrogens with zero attached hydrogens (tertiary/aromatic N) is 1. The highest BCUT2D eigenvalue weighted by Gasteiger charge is 2.33. The third kappa shape index (κ3) is 6.19. The maximum atomic E-state index is 13.8. The van der Waals surface area contributed by atoms with Crippen LogP contribution in [0.15, 0.2) is 54.6 Å². The fraction of sp³-hybridized carbons (Fsp3) is 0.387. The van der Waals surface area contributed by atoms with Gasteiger partial charge in [0.15, 0.2) is 11.5 Å². The van der Waals surface area contributed by atoms with E-state index in [-0.39, 0.29) is 11.9 Å². The van der Waals surface area contributed by atoms with Gasteiger partial charge in [0.2, 0.25) is 0 Å². The van der Waals surface area contributed by atoms with Crippen molar-refractivity contribution < 1.29 is 23.7 Å². The van der Waals surface area contributed by atoms with E-state index in [2.05, 4.69) is 26.8 Å². The highest BCUT2D eigenvalue weighted by atomic mass is 16.5. The Labute approximate surface area is 220 Å². The minimum Gasteiger partial charge on any atom is -0.494 e. The van der Waals surface area contributed by atoms with Gasteiger partial charge in [0.25, 0.3) is 5.91 Å². The van der Waals surface area contributed by atoms with Crippen LogP contribution in [0.1, 0.15) is 58.4 Å². The van der Waals surface area contributed by atoms with Gasteiger partial charge in [-0.25, -0.2) is 0 Å². The van der Waals surface area contributed by atoms with Crippen LogP contribution in [0.25, 0.3) is 0 Å². The van der Waals surface area contributed by atoms with Crippen molar-refractivity contribution in [3.05, 3.63) is 82.4 Å². The maximum Gasteiger partial charge on any atom is 0.254 e. The van der Waals surface area contributed by atoms with Crippen molar-refractivity contribution in [3.63, 3.8) is 0 Å². The van der Waals surface area contributed by atoms with Crippen LogP contribution < -0.4 is 18.9 Å². The number of carbonyl (C=O) groups is 1. The van der Waals surface area contributed by atoms with Crippen molar-refractivity contribution in [1.82, 2.24) is 4.90 Å². The Balaban J connectivity index is 1.63. The molecular weight excluding hydrogens is 466 g/mol. The first kappa shape index (κ1) is 26.4. The zero-order valence-electron chi connectivity index (χ0n) is 22.5. The monoisotopic (exact) mass is 503 g/mol. The minimum absolute atomic E-state index is 0.0328. The van der Waals surface area contributed by atoms with E-state index in [1.54, 1.807) is 14.2 Å². The predicted octanol–water partition coefficient (Wildman–Crippen LogP) is 6.32. The molecule has 0 bridgehead atoms. The van der Waals surface area contributed by atoms with Gasteiger partial charge in [-0.3, -0.25) is 4.79 Å². The Morgan fingerprint density at radius 2 is 1.57 bits per heavy atom. The third-order valence-corrected chi connectivity index (χ3v) is 6.73. The van der Waals surface area contributed by atoms with Gasteiger partial charge in [-0.05, 0) is 97.5 Å². The molecule has 1 amide bonds. The molecule has 6 nitrogen and oxygen atoms in total. The molecule has 1 heterocycles. The van der Waals surface area contributed by atoms with Gasteiger partial charge in [-0.1, -0.05) is 19.4 Å². The average molecular weight is 504 g/mol. The Kier molecular flexibility index (Phi) is 8.59. The molecule has 1 atom stereocenters. The Bertz CT molecular complexity index is 1200. The Hall–Kier alpha value is -3.67. The molecule has 0 fully saturated rings. The minimum atomic E-state index is -0.280. The second-order valence-corrected chi connectivity index (χ2v) is 9.53. The van der Waals surface area contributed by atoms with Gasteiger partial charge in [0.05, 0.1) is 26.9 Å². The molecule has 3 aromatic rings. The van der Waals surface area contributed by atoms with E-state index in [0.717, 1.165) is 53.0 Å². The highest BCUT2D eigenvalue weighted by molar-refractivity contribution is 5.95. The lowest BCUT2D eigenvalue weighted by atomic mass is 9.91. The van der Waals surface area contributed by atoms with Crippen LogP contribution in [0, 0.1) is 13.8 Å². The van der Waals surface area contributed by atoms with Crippen LogP contribution in [-0.4, -0.2) is 44.8 Å². The summed E-state index contributed by atoms with van der Waals surface area (Å²) in [4.78, 5) is 15.7. The van der Waals surface area contributed by atoms with Crippen molar-refractivity contribution in [2.75, 3.05) is 34.0 Å². The van der Waals surface area contributed by atoms with Crippen LogP contribution in [-0.2, 0) is 6.42 Å². The van der Waals surface area contributed by atoms with E-state index in [9.17, 15) is 4.79 Å². The van der Waals surface area contributed by atoms with Crippen molar-refractivity contribution in [2.24, 2.45) is 0 Å². The quantitative estimate of drug-likeness (QED) is 0.303. The van der Waals surface area contributed by atoms with E-state index >= 15 is 0 Å². The van der Waals surface area contributed by atoms with Crippen LogP contribution in [0.4, 0.5) is 0 Å². The Morgan fingerprint density at radius 3 is 2.22 bits per heavy atom. The summed E-state index contributed by atoms with van der Waals surface area (Å²) in [5.74, 6) is 2.87. The lowest BCUT2D eigenvalue weighted by Crippen LogP contribution is -2.42. The molecule has 0 saturated heterocycles. The summed E-state index contributed by atoms with van der Waals surface area (Å²) in [6.07, 6.45) is 2.80. The molecule has 6 heteroatoms. The van der Waals surface area contributed by atoms with Gasteiger partial charge >= 0.3 is 0 Å². The molecule has 0 spiro atoms. The number of fused-ring (bicyclic) bond motifs is 1. The number of hydrogen-bond acceptors (Lipinski definition) is 5. The van der Waals surface area contributed by atoms with Gasteiger partial charge in [-0.2, -0.15) is 0 Å². The van der Waals surface area contributed by atoms with Crippen molar-refractivity contribution >= 4 is 5.91 Å². The van der Waals surface area contributed by atoms with Crippen molar-refractivity contribution in [2.45, 2.75) is 46.1 Å². The van der Waals surface area contributed by atoms with Crippen LogP contribution in [0.2, 0.25) is 0 Å². The number of rotatable bonds is 10. The normalized spacial score (nSPS) is 14.6. The SMILES string of the molecule is CCCCOc1ccc(C(=O)N2CCc3cc(OC)c(OC)cc3C2COc2cc(C)cc(C)c2)cc1. The molecule has 0 aliphatic carbocycles. The topological polar surface area (TPSA) is 57.2 Å². The standard InChI is InChI=1S/C31H37NO5/c1-6-7-14-36-25-10-8-23(9-11-25)31(33)32-13-12-24-18-29(34-4)30(35-5)19-27(24)28(32)20-37-26-16-21(2)15-22(3)17-26/h8-11,15-19,28H,6-7,12-14,20H2,1-5H3. The lowest BCUT2D eigenvalue weighted by molar-refractivity contribution is 0.0589. The maximum absolute atomic E-state index is 13.8. The zero-order valence-corrected chi connectivity index (χ0v) is 22.5. The summed E-state index contributed by atoms with van der Waals surface area (Å²) < 4.78 is 23.2. The molecule has 3 aromatic carbocycles. The van der Waals surface area contributed by atoms with E-state index in [1.807, 2.05) is 53.4 Å². The third-order valence-electron chi connectivity index (χ3n) is 6.73. The predicted molar refractivity (Wildman–Crippen MR) is 145 cm³/mol. The fourth-order valence-electron chi connectivity index (χ4n) is 4.84. The van der Waals surface area contributed by atoms with E-state index in [4.69, 9.17) is 18.9 Å². The summed E-state index contributed by atoms with van der Waals surface area (Å²) in [6, 6.07) is 17.3. The van der Waals surface area contributed by atoms with E-state index in [0.29, 0.717) is 36.8 Å². The first-order valence-electron chi connectivity index (χ1n) is 12.9. The number of methoxy groups -OCH3 is 2. The number of carbonyl (C=O) groups excluding carboxylic acids is 1. The van der Waals surface area contributed by atoms with Gasteiger partial charge in [-0.15, -0.1) is 0 Å². The van der Waals surface area contributed by atoms with Gasteiger partial charge in [0.1, 0.15) is 18.1 Å². The lowest BCUT2D eigenvalue weighted by Gasteiger charge is -2.37. The molecule has 0 N–H and O–H groups in total. The second kappa shape index (κ2) is 12.0. The van der Waals surface area contributed by atoms with E-state index in [1.165, 1.54) is 0 Å². The molecular formula is C31H37NO5. The number of hydrogen-bond donors (Lipinski definition) is 0. The van der Waals surface area contributed by atoms with Crippen LogP contribution in [0.5, 0.6) is 23.0 Å². The van der Waals surface area contributed by atoms with E-state index < -0.39 is 0 Å². The summed E-state index contributed by atoms with van der Waals surface area (Å²) in [6.45, 7) is 7.83. The highest BCUT2D eigenvalue weighted by Crippen LogP contribution is 2.39. The summed E-state index contributed by atoms with van der Waals surface area (Å²) in [5.41, 5.74) is 5.05. The molecule has 37 heavy (non-hydrogen) atoms. The van der Waals surface area contributed by atoms with Gasteiger partial charge in [0, 0.05) is 12.1 Å². The number of aryl methyl sites for hydroxylation is 2. The summed E-state index contributed by atoms with van der Waals surface area (Å²) in [5, 5.41) is 0. The summed E-state index contributed by atoms with van der Waals surface area (Å²) >= 11 is 0. The summed E-state index contributed by atoms with van der Waals surface area (Å²) in [7, 11) is 3.26. The average Bonchev–Trinajstić information content (AvgIpc) is 2.90. The van der Waals surface area contributed by atoms with Crippen molar-refractivity contribution in [3.8, 4) is 23.0 Å². The fourth-order valence-corrected chi connectivity index (χ4v) is 4.84. The first-order valence-corrected chi connectivity index (χ1v) is 12.9. The Morgan fingerprint density at radius 1 is 0.892 bits per heavy atom. The molecule has 1 unspecified atom stereocenters. The number of amides is 1. The zero-order chi connectivity index (χ0) is 26.4. The molecule has 4 rings (SSSR count). The molecule has 0 radical (unpaired) electrons. The number of benzene rings is 3. The molecule has 1 aliphatic heterocycles. The molecule has 196 valence electrons. The smallest absolute Gasteiger partial charge is 0.254 e. The van der Waals surface area contributed by atoms with Crippen LogP contribution in [0.3, 0.4) is 0 Å². The largest absolute Gasteiger partial charge is 0.494 e. The first-order chi connectivity index (χ1) is 17.9. The molecule has 0 saturated carbocycles. The number of unbranched alkanes of at least 4 members (excludes halogenated alkanes) is 1. The van der Waals surface area contributed by atoms with Gasteiger partial charge < -0.3 is 23.8 Å². The number of ether oxygens (including phenoxy) is 4. The van der Waals surface area contributed by atoms with Crippen molar-refractivity contribution in [1.29, 1.82) is 0 Å². The second-order valence-electron chi connectivity index (χ2n) is 9.53. The molecule has 0 aromatic heterocycles. The molecule has 1 aliphatic rings. The van der Waals surface area contributed by atoms with Crippen LogP contribution >= 0.6 is 0 Å².